The highest BCUT2D eigenvalue weighted by atomic mass is 127. The van der Waals surface area contributed by atoms with Gasteiger partial charge in [0, 0.05) is 0 Å². The van der Waals surface area contributed by atoms with Gasteiger partial charge in [0.25, 0.3) is 0 Å². The quantitative estimate of drug-likeness (QED) is 0.478. The molecular weight excluding hydrogens is 295 g/mol. The third-order valence-electron chi connectivity index (χ3n) is 1.55. The zero-order valence-electron chi connectivity index (χ0n) is 7.62. The van der Waals surface area contributed by atoms with Gasteiger partial charge in [0.2, 0.25) is 0 Å². The van der Waals surface area contributed by atoms with Gasteiger partial charge in [-0.1, -0.05) is 18.7 Å². The molecule has 0 bridgehead atoms. The number of hydrogen-bond donors (Lipinski definition) is 0. The van der Waals surface area contributed by atoms with Crippen molar-refractivity contribution in [3.05, 3.63) is 33.9 Å². The van der Waals surface area contributed by atoms with Crippen molar-refractivity contribution in [2.75, 3.05) is 7.11 Å². The fourth-order valence-corrected chi connectivity index (χ4v) is 1.51. The van der Waals surface area contributed by atoms with Gasteiger partial charge < -0.3 is 9.47 Å². The van der Waals surface area contributed by atoms with E-state index in [1.54, 1.807) is 12.1 Å². The predicted molar refractivity (Wildman–Crippen MR) is 62.3 cm³/mol. The van der Waals surface area contributed by atoms with Crippen molar-refractivity contribution >= 4 is 34.8 Å². The Bertz CT molecular complexity index is 360. The number of methoxy groups -OCH3 is 1. The van der Waals surface area contributed by atoms with Crippen LogP contribution in [0, 0.1) is 3.57 Å². The Hall–Kier alpha value is -1.04. The minimum atomic E-state index is -0.714. The lowest BCUT2D eigenvalue weighted by Gasteiger charge is -2.05. The number of rotatable bonds is 2. The monoisotopic (exact) mass is 304 g/mol. The molecule has 0 fully saturated rings. The normalized spacial score (nSPS) is 9.29. The fraction of sp³-hybridized carbons (Fsp3) is 0.100. The first-order chi connectivity index (χ1) is 6.67. The summed E-state index contributed by atoms with van der Waals surface area (Å²) < 4.78 is 10.1. The van der Waals surface area contributed by atoms with Crippen LogP contribution in [0.2, 0.25) is 0 Å². The van der Waals surface area contributed by atoms with E-state index in [4.69, 9.17) is 4.74 Å². The molecule has 0 aromatic heterocycles. The molecule has 0 heterocycles. The van der Waals surface area contributed by atoms with Gasteiger partial charge in [0.1, 0.15) is 5.75 Å². The zero-order chi connectivity index (χ0) is 10.6. The second-order valence-electron chi connectivity index (χ2n) is 2.45. The zero-order valence-corrected chi connectivity index (χ0v) is 9.78. The van der Waals surface area contributed by atoms with Crippen LogP contribution in [0.15, 0.2) is 24.8 Å². The van der Waals surface area contributed by atoms with Gasteiger partial charge in [0.05, 0.1) is 10.7 Å². The summed E-state index contributed by atoms with van der Waals surface area (Å²) in [5.41, 5.74) is 0.978. The number of benzene rings is 1. The molecule has 0 aliphatic carbocycles. The molecule has 0 amide bonds. The topological polar surface area (TPSA) is 35.5 Å². The van der Waals surface area contributed by atoms with Gasteiger partial charge in [0.15, 0.2) is 0 Å². The lowest BCUT2D eigenvalue weighted by atomic mass is 10.2. The minimum Gasteiger partial charge on any atom is -0.437 e. The third kappa shape index (κ3) is 2.73. The molecule has 1 aromatic carbocycles. The molecule has 4 heteroatoms. The lowest BCUT2D eigenvalue weighted by Crippen LogP contribution is -2.08. The highest BCUT2D eigenvalue weighted by molar-refractivity contribution is 14.1. The van der Waals surface area contributed by atoms with E-state index in [0.717, 1.165) is 9.13 Å². The van der Waals surface area contributed by atoms with Gasteiger partial charge in [-0.2, -0.15) is 0 Å². The molecule has 1 aromatic rings. The van der Waals surface area contributed by atoms with Crippen molar-refractivity contribution in [2.45, 2.75) is 0 Å². The number of halogens is 1. The summed E-state index contributed by atoms with van der Waals surface area (Å²) in [6.45, 7) is 3.64. The standard InChI is InChI=1S/C10H9IO3/c1-3-7-4-5-9(8(11)6-7)14-10(12)13-2/h3-6H,1H2,2H3. The Kier molecular flexibility index (Phi) is 3.94. The summed E-state index contributed by atoms with van der Waals surface area (Å²) >= 11 is 2.08. The number of carbonyl (C=O) groups excluding carboxylic acids is 1. The average molecular weight is 304 g/mol. The second kappa shape index (κ2) is 4.99. The summed E-state index contributed by atoms with van der Waals surface area (Å²) in [4.78, 5) is 10.8. The van der Waals surface area contributed by atoms with E-state index in [1.165, 1.54) is 7.11 Å². The SMILES string of the molecule is C=Cc1ccc(OC(=O)OC)c(I)c1. The molecule has 14 heavy (non-hydrogen) atoms. The van der Waals surface area contributed by atoms with Crippen LogP contribution < -0.4 is 4.74 Å². The maximum Gasteiger partial charge on any atom is 0.513 e. The summed E-state index contributed by atoms with van der Waals surface area (Å²) in [6.07, 6.45) is 1.01. The van der Waals surface area contributed by atoms with Crippen molar-refractivity contribution in [3.63, 3.8) is 0 Å². The van der Waals surface area contributed by atoms with E-state index in [2.05, 4.69) is 33.9 Å². The molecule has 0 aliphatic heterocycles. The molecule has 1 rings (SSSR count). The number of carbonyl (C=O) groups is 1. The minimum absolute atomic E-state index is 0.489. The molecule has 0 saturated carbocycles. The van der Waals surface area contributed by atoms with Crippen LogP contribution in [-0.4, -0.2) is 13.3 Å². The van der Waals surface area contributed by atoms with Crippen LogP contribution in [-0.2, 0) is 4.74 Å². The van der Waals surface area contributed by atoms with Gasteiger partial charge in [-0.25, -0.2) is 4.79 Å². The molecule has 74 valence electrons. The van der Waals surface area contributed by atoms with Crippen molar-refractivity contribution in [1.29, 1.82) is 0 Å². The van der Waals surface area contributed by atoms with Gasteiger partial charge in [-0.05, 0) is 40.3 Å². The first-order valence-electron chi connectivity index (χ1n) is 3.85. The fourth-order valence-electron chi connectivity index (χ4n) is 0.858. The number of ether oxygens (including phenoxy) is 2. The molecule has 0 N–H and O–H groups in total. The summed E-state index contributed by atoms with van der Waals surface area (Å²) in [5.74, 6) is 0.489. The molecule has 0 aliphatic rings. The van der Waals surface area contributed by atoms with Gasteiger partial charge in [-0.3, -0.25) is 0 Å². The van der Waals surface area contributed by atoms with Crippen molar-refractivity contribution < 1.29 is 14.3 Å². The van der Waals surface area contributed by atoms with Crippen LogP contribution in [0.1, 0.15) is 5.56 Å². The largest absolute Gasteiger partial charge is 0.513 e. The van der Waals surface area contributed by atoms with Gasteiger partial charge in [-0.15, -0.1) is 0 Å². The Morgan fingerprint density at radius 2 is 2.29 bits per heavy atom. The van der Waals surface area contributed by atoms with E-state index in [9.17, 15) is 4.79 Å². The van der Waals surface area contributed by atoms with Crippen LogP contribution in [0.3, 0.4) is 0 Å². The summed E-state index contributed by atoms with van der Waals surface area (Å²) in [5, 5.41) is 0. The predicted octanol–water partition coefficient (Wildman–Crippen LogP) is 3.08. The first kappa shape index (κ1) is 11.0. The molecule has 0 saturated heterocycles. The molecule has 0 radical (unpaired) electrons. The maximum atomic E-state index is 10.8. The Labute approximate surface area is 95.9 Å². The molecule has 0 atom stereocenters. The molecule has 0 spiro atoms. The Morgan fingerprint density at radius 1 is 1.57 bits per heavy atom. The Morgan fingerprint density at radius 3 is 2.79 bits per heavy atom. The van der Waals surface area contributed by atoms with Crippen molar-refractivity contribution in [2.24, 2.45) is 0 Å². The molecule has 3 nitrogen and oxygen atoms in total. The highest BCUT2D eigenvalue weighted by Crippen LogP contribution is 2.22. The van der Waals surface area contributed by atoms with Crippen LogP contribution in [0.5, 0.6) is 5.75 Å². The van der Waals surface area contributed by atoms with Crippen molar-refractivity contribution in [3.8, 4) is 5.75 Å². The average Bonchev–Trinajstić information content (AvgIpc) is 2.20. The van der Waals surface area contributed by atoms with E-state index < -0.39 is 6.16 Å². The van der Waals surface area contributed by atoms with Crippen LogP contribution in [0.25, 0.3) is 6.08 Å². The van der Waals surface area contributed by atoms with Crippen LogP contribution in [0.4, 0.5) is 4.79 Å². The van der Waals surface area contributed by atoms with E-state index in [-0.39, 0.29) is 0 Å². The highest BCUT2D eigenvalue weighted by Gasteiger charge is 2.07. The van der Waals surface area contributed by atoms with E-state index in [0.29, 0.717) is 5.75 Å². The molecular formula is C10H9IO3. The van der Waals surface area contributed by atoms with Crippen LogP contribution >= 0.6 is 22.6 Å². The smallest absolute Gasteiger partial charge is 0.437 e. The summed E-state index contributed by atoms with van der Waals surface area (Å²) in [7, 11) is 1.27. The third-order valence-corrected chi connectivity index (χ3v) is 2.39. The van der Waals surface area contributed by atoms with Gasteiger partial charge >= 0.3 is 6.16 Å². The molecule has 0 unspecified atom stereocenters. The Balaban J connectivity index is 2.89. The number of hydrogen-bond acceptors (Lipinski definition) is 3. The lowest BCUT2D eigenvalue weighted by molar-refractivity contribution is 0.121. The first-order valence-corrected chi connectivity index (χ1v) is 4.93. The maximum absolute atomic E-state index is 10.8. The van der Waals surface area contributed by atoms with Crippen molar-refractivity contribution in [1.82, 2.24) is 0 Å². The van der Waals surface area contributed by atoms with E-state index in [1.807, 2.05) is 12.1 Å². The second-order valence-corrected chi connectivity index (χ2v) is 3.61. The van der Waals surface area contributed by atoms with E-state index >= 15 is 0 Å². The summed E-state index contributed by atoms with van der Waals surface area (Å²) in [6, 6.07) is 5.38.